The zero-order chi connectivity index (χ0) is 16.1. The van der Waals surface area contributed by atoms with E-state index in [4.69, 9.17) is 0 Å². The molecule has 0 radical (unpaired) electrons. The maximum atomic E-state index is 12.1. The molecule has 1 atom stereocenters. The normalized spacial score (nSPS) is 11.8. The molecule has 0 aliphatic carbocycles. The van der Waals surface area contributed by atoms with E-state index in [1.165, 1.54) is 11.1 Å². The van der Waals surface area contributed by atoms with Gasteiger partial charge in [-0.25, -0.2) is 4.79 Å². The first-order valence-corrected chi connectivity index (χ1v) is 7.74. The maximum Gasteiger partial charge on any atom is 0.323 e. The predicted octanol–water partition coefficient (Wildman–Crippen LogP) is 5.46. The summed E-state index contributed by atoms with van der Waals surface area (Å²) in [5, 5.41) is 5.80. The van der Waals surface area contributed by atoms with Gasteiger partial charge in [-0.3, -0.25) is 0 Å². The summed E-state index contributed by atoms with van der Waals surface area (Å²) in [6, 6.07) is 13.8. The molecule has 2 rings (SSSR count). The van der Waals surface area contributed by atoms with Gasteiger partial charge in [0.05, 0.1) is 0 Å². The molecular formula is C19H24N2O. The Bertz CT molecular complexity index is 647. The summed E-state index contributed by atoms with van der Waals surface area (Å²) >= 11 is 0. The minimum Gasteiger partial charge on any atom is -0.308 e. The number of hydrogen-bond donors (Lipinski definition) is 2. The van der Waals surface area contributed by atoms with Crippen LogP contribution in [-0.4, -0.2) is 6.03 Å². The van der Waals surface area contributed by atoms with Gasteiger partial charge in [-0.1, -0.05) is 43.7 Å². The monoisotopic (exact) mass is 296 g/mol. The van der Waals surface area contributed by atoms with Gasteiger partial charge in [-0.2, -0.15) is 0 Å². The number of nitrogens with one attached hydrogen (secondary N) is 2. The second-order valence-electron chi connectivity index (χ2n) is 5.83. The smallest absolute Gasteiger partial charge is 0.308 e. The zero-order valence-corrected chi connectivity index (χ0v) is 13.7. The Morgan fingerprint density at radius 2 is 1.73 bits per heavy atom. The van der Waals surface area contributed by atoms with E-state index >= 15 is 0 Å². The summed E-state index contributed by atoms with van der Waals surface area (Å²) in [6.07, 6.45) is 1.08. The molecule has 2 amide bonds. The molecule has 0 saturated carbocycles. The molecule has 2 aromatic rings. The van der Waals surface area contributed by atoms with Gasteiger partial charge in [0.25, 0.3) is 0 Å². The number of benzene rings is 2. The van der Waals surface area contributed by atoms with Crippen LogP contribution in [0.1, 0.15) is 42.9 Å². The largest absolute Gasteiger partial charge is 0.323 e. The van der Waals surface area contributed by atoms with E-state index in [0.717, 1.165) is 23.4 Å². The van der Waals surface area contributed by atoms with Gasteiger partial charge in [-0.05, 0) is 55.5 Å². The number of anilines is 2. The summed E-state index contributed by atoms with van der Waals surface area (Å²) < 4.78 is 0. The standard InChI is InChI=1S/C19H24N2O/c1-5-14(3)16-9-8-15(4)18(12-16)21-19(22)20-17-10-6-13(2)7-11-17/h6-12,14H,5H2,1-4H3,(H2,20,21,22). The minimum atomic E-state index is -0.215. The summed E-state index contributed by atoms with van der Waals surface area (Å²) in [6.45, 7) is 8.39. The molecule has 3 nitrogen and oxygen atoms in total. The molecule has 2 N–H and O–H groups in total. The Morgan fingerprint density at radius 1 is 1.05 bits per heavy atom. The van der Waals surface area contributed by atoms with E-state index in [1.54, 1.807) is 0 Å². The summed E-state index contributed by atoms with van der Waals surface area (Å²) in [4.78, 5) is 12.1. The van der Waals surface area contributed by atoms with Crippen LogP contribution in [0.25, 0.3) is 0 Å². The lowest BCUT2D eigenvalue weighted by molar-refractivity contribution is 0.262. The molecule has 1 unspecified atom stereocenters. The van der Waals surface area contributed by atoms with Crippen molar-refractivity contribution in [3.05, 3.63) is 59.2 Å². The first-order chi connectivity index (χ1) is 10.5. The van der Waals surface area contributed by atoms with Crippen LogP contribution in [0.3, 0.4) is 0 Å². The molecule has 0 heterocycles. The molecule has 0 aliphatic heterocycles. The Kier molecular flexibility index (Phi) is 5.21. The number of carbonyl (C=O) groups excluding carboxylic acids is 1. The lowest BCUT2D eigenvalue weighted by Gasteiger charge is -2.14. The maximum absolute atomic E-state index is 12.1. The first-order valence-electron chi connectivity index (χ1n) is 7.74. The van der Waals surface area contributed by atoms with Gasteiger partial charge in [0, 0.05) is 11.4 Å². The van der Waals surface area contributed by atoms with Crippen LogP contribution in [0.4, 0.5) is 16.2 Å². The molecule has 0 saturated heterocycles. The average Bonchev–Trinajstić information content (AvgIpc) is 2.51. The Balaban J connectivity index is 2.09. The number of amides is 2. The van der Waals surface area contributed by atoms with Gasteiger partial charge in [0.15, 0.2) is 0 Å². The fraction of sp³-hybridized carbons (Fsp3) is 0.316. The average molecular weight is 296 g/mol. The second kappa shape index (κ2) is 7.12. The molecule has 0 bridgehead atoms. The Hall–Kier alpha value is -2.29. The third-order valence-corrected chi connectivity index (χ3v) is 4.00. The van der Waals surface area contributed by atoms with E-state index in [0.29, 0.717) is 5.92 Å². The van der Waals surface area contributed by atoms with Crippen molar-refractivity contribution in [1.29, 1.82) is 0 Å². The van der Waals surface area contributed by atoms with Crippen molar-refractivity contribution in [2.45, 2.75) is 40.0 Å². The highest BCUT2D eigenvalue weighted by Gasteiger charge is 2.09. The fourth-order valence-corrected chi connectivity index (χ4v) is 2.24. The van der Waals surface area contributed by atoms with Crippen LogP contribution in [-0.2, 0) is 0 Å². The lowest BCUT2D eigenvalue weighted by Crippen LogP contribution is -2.20. The molecule has 116 valence electrons. The molecular weight excluding hydrogens is 272 g/mol. The van der Waals surface area contributed by atoms with Crippen LogP contribution in [0, 0.1) is 13.8 Å². The molecule has 0 aliphatic rings. The van der Waals surface area contributed by atoms with Crippen LogP contribution < -0.4 is 10.6 Å². The highest BCUT2D eigenvalue weighted by atomic mass is 16.2. The zero-order valence-electron chi connectivity index (χ0n) is 13.7. The number of aryl methyl sites for hydroxylation is 2. The van der Waals surface area contributed by atoms with Gasteiger partial charge in [0.1, 0.15) is 0 Å². The van der Waals surface area contributed by atoms with E-state index in [-0.39, 0.29) is 6.03 Å². The number of hydrogen-bond acceptors (Lipinski definition) is 1. The van der Waals surface area contributed by atoms with Crippen molar-refractivity contribution in [3.8, 4) is 0 Å². The quantitative estimate of drug-likeness (QED) is 0.772. The number of urea groups is 1. The number of carbonyl (C=O) groups is 1. The summed E-state index contributed by atoms with van der Waals surface area (Å²) in [7, 11) is 0. The van der Waals surface area contributed by atoms with Crippen molar-refractivity contribution in [2.24, 2.45) is 0 Å². The van der Waals surface area contributed by atoms with E-state index in [1.807, 2.05) is 38.1 Å². The van der Waals surface area contributed by atoms with Crippen molar-refractivity contribution < 1.29 is 4.79 Å². The minimum absolute atomic E-state index is 0.215. The highest BCUT2D eigenvalue weighted by Crippen LogP contribution is 2.24. The third kappa shape index (κ3) is 4.10. The molecule has 2 aromatic carbocycles. The van der Waals surface area contributed by atoms with Crippen LogP contribution in [0.2, 0.25) is 0 Å². The van der Waals surface area contributed by atoms with Gasteiger partial charge >= 0.3 is 6.03 Å². The van der Waals surface area contributed by atoms with Gasteiger partial charge in [-0.15, -0.1) is 0 Å². The van der Waals surface area contributed by atoms with Crippen LogP contribution in [0.5, 0.6) is 0 Å². The highest BCUT2D eigenvalue weighted by molar-refractivity contribution is 6.00. The lowest BCUT2D eigenvalue weighted by atomic mass is 9.97. The topological polar surface area (TPSA) is 41.1 Å². The van der Waals surface area contributed by atoms with Crippen molar-refractivity contribution >= 4 is 17.4 Å². The molecule has 0 aromatic heterocycles. The van der Waals surface area contributed by atoms with E-state index in [9.17, 15) is 4.79 Å². The molecule has 0 fully saturated rings. The van der Waals surface area contributed by atoms with E-state index in [2.05, 4.69) is 42.7 Å². The van der Waals surface area contributed by atoms with Gasteiger partial charge < -0.3 is 10.6 Å². The summed E-state index contributed by atoms with van der Waals surface area (Å²) in [5.41, 5.74) is 5.13. The Labute approximate surface area is 132 Å². The van der Waals surface area contributed by atoms with Crippen LogP contribution >= 0.6 is 0 Å². The third-order valence-electron chi connectivity index (χ3n) is 4.00. The van der Waals surface area contributed by atoms with Crippen molar-refractivity contribution in [2.75, 3.05) is 10.6 Å². The molecule has 3 heteroatoms. The SMILES string of the molecule is CCC(C)c1ccc(C)c(NC(=O)Nc2ccc(C)cc2)c1. The first kappa shape index (κ1) is 16.1. The molecule has 0 spiro atoms. The second-order valence-corrected chi connectivity index (χ2v) is 5.83. The van der Waals surface area contributed by atoms with Crippen LogP contribution in [0.15, 0.2) is 42.5 Å². The number of rotatable bonds is 4. The van der Waals surface area contributed by atoms with E-state index < -0.39 is 0 Å². The van der Waals surface area contributed by atoms with Crippen molar-refractivity contribution in [1.82, 2.24) is 0 Å². The Morgan fingerprint density at radius 3 is 2.36 bits per heavy atom. The molecule has 22 heavy (non-hydrogen) atoms. The van der Waals surface area contributed by atoms with Gasteiger partial charge in [0.2, 0.25) is 0 Å². The summed E-state index contributed by atoms with van der Waals surface area (Å²) in [5.74, 6) is 0.487. The fourth-order valence-electron chi connectivity index (χ4n) is 2.24. The van der Waals surface area contributed by atoms with Crippen molar-refractivity contribution in [3.63, 3.8) is 0 Å². The predicted molar refractivity (Wildman–Crippen MR) is 93.7 cm³/mol.